The van der Waals surface area contributed by atoms with Crippen molar-refractivity contribution < 1.29 is 4.39 Å². The monoisotopic (exact) mass is 256 g/mol. The Labute approximate surface area is 112 Å². The molecule has 2 nitrogen and oxygen atoms in total. The summed E-state index contributed by atoms with van der Waals surface area (Å²) in [7, 11) is 0. The van der Waals surface area contributed by atoms with Gasteiger partial charge in [-0.15, -0.1) is 0 Å². The Morgan fingerprint density at radius 2 is 2.00 bits per heavy atom. The van der Waals surface area contributed by atoms with Crippen LogP contribution in [0.2, 0.25) is 0 Å². The van der Waals surface area contributed by atoms with Crippen LogP contribution >= 0.6 is 0 Å². The zero-order chi connectivity index (χ0) is 12.8. The van der Waals surface area contributed by atoms with Crippen molar-refractivity contribution >= 4 is 10.9 Å². The van der Waals surface area contributed by atoms with Gasteiger partial charge in [-0.05, 0) is 55.0 Å². The lowest BCUT2D eigenvalue weighted by atomic mass is 9.99. The van der Waals surface area contributed by atoms with Crippen LogP contribution < -0.4 is 5.32 Å². The highest BCUT2D eigenvalue weighted by molar-refractivity contribution is 5.84. The third kappa shape index (κ3) is 1.93. The van der Waals surface area contributed by atoms with E-state index in [0.29, 0.717) is 11.4 Å². The third-order valence-corrected chi connectivity index (χ3v) is 4.26. The molecule has 1 aromatic heterocycles. The quantitative estimate of drug-likeness (QED) is 0.848. The molecule has 1 fully saturated rings. The maximum absolute atomic E-state index is 14.0. The van der Waals surface area contributed by atoms with E-state index in [4.69, 9.17) is 0 Å². The molecule has 2 aromatic rings. The molecule has 3 heteroatoms. The number of rotatable bonds is 1. The molecular weight excluding hydrogens is 239 g/mol. The minimum absolute atomic E-state index is 0.181. The molecular formula is C16H17FN2. The van der Waals surface area contributed by atoms with Crippen LogP contribution in [0.15, 0.2) is 18.2 Å². The van der Waals surface area contributed by atoms with Gasteiger partial charge in [-0.25, -0.2) is 9.37 Å². The van der Waals surface area contributed by atoms with Gasteiger partial charge >= 0.3 is 0 Å². The summed E-state index contributed by atoms with van der Waals surface area (Å²) in [5, 5.41) is 4.42. The van der Waals surface area contributed by atoms with Crippen LogP contribution in [0.1, 0.15) is 35.6 Å². The van der Waals surface area contributed by atoms with E-state index in [-0.39, 0.29) is 5.82 Å². The molecule has 1 aliphatic carbocycles. The summed E-state index contributed by atoms with van der Waals surface area (Å²) < 4.78 is 14.0. The Kier molecular flexibility index (Phi) is 2.55. The number of fused-ring (bicyclic) bond motifs is 2. The first kappa shape index (κ1) is 11.4. The molecule has 0 radical (unpaired) electrons. The van der Waals surface area contributed by atoms with Gasteiger partial charge in [-0.3, -0.25) is 0 Å². The first-order chi connectivity index (χ1) is 9.33. The lowest BCUT2D eigenvalue weighted by molar-refractivity contribution is 0.635. The summed E-state index contributed by atoms with van der Waals surface area (Å²) >= 11 is 0. The number of hydrogen-bond donors (Lipinski definition) is 1. The fraction of sp³-hybridized carbons (Fsp3) is 0.438. The molecule has 0 unspecified atom stereocenters. The minimum atomic E-state index is -0.181. The summed E-state index contributed by atoms with van der Waals surface area (Å²) in [6.45, 7) is 1.93. The highest BCUT2D eigenvalue weighted by Crippen LogP contribution is 2.43. The molecule has 2 aliphatic rings. The van der Waals surface area contributed by atoms with Crippen molar-refractivity contribution in [1.82, 2.24) is 10.3 Å². The second-order valence-corrected chi connectivity index (χ2v) is 5.65. The SMILES string of the molecule is Fc1ccc(C2CC2)c2cc3c(nc12)CCNCC3. The molecule has 19 heavy (non-hydrogen) atoms. The molecule has 1 N–H and O–H groups in total. The van der Waals surface area contributed by atoms with Crippen molar-refractivity contribution in [2.75, 3.05) is 13.1 Å². The number of pyridine rings is 1. The normalized spacial score (nSPS) is 19.2. The second kappa shape index (κ2) is 4.27. The number of hydrogen-bond acceptors (Lipinski definition) is 2. The van der Waals surface area contributed by atoms with Gasteiger partial charge < -0.3 is 5.32 Å². The largest absolute Gasteiger partial charge is 0.316 e. The summed E-state index contributed by atoms with van der Waals surface area (Å²) in [5.41, 5.74) is 4.24. The summed E-state index contributed by atoms with van der Waals surface area (Å²) in [4.78, 5) is 4.63. The molecule has 4 rings (SSSR count). The molecule has 0 amide bonds. The Hall–Kier alpha value is -1.48. The lowest BCUT2D eigenvalue weighted by Crippen LogP contribution is -2.16. The van der Waals surface area contributed by atoms with Crippen LogP contribution in [0.25, 0.3) is 10.9 Å². The zero-order valence-corrected chi connectivity index (χ0v) is 10.9. The van der Waals surface area contributed by atoms with E-state index in [2.05, 4.69) is 16.4 Å². The van der Waals surface area contributed by atoms with Crippen LogP contribution in [-0.4, -0.2) is 18.1 Å². The highest BCUT2D eigenvalue weighted by atomic mass is 19.1. The molecule has 0 saturated heterocycles. The predicted molar refractivity (Wildman–Crippen MR) is 74.0 cm³/mol. The summed E-state index contributed by atoms with van der Waals surface area (Å²) in [6, 6.07) is 5.74. The van der Waals surface area contributed by atoms with E-state index < -0.39 is 0 Å². The molecule has 1 saturated carbocycles. The Morgan fingerprint density at radius 3 is 2.84 bits per heavy atom. The maximum atomic E-state index is 14.0. The van der Waals surface area contributed by atoms with Crippen molar-refractivity contribution in [1.29, 1.82) is 0 Å². The van der Waals surface area contributed by atoms with Crippen LogP contribution in [0.4, 0.5) is 4.39 Å². The number of halogens is 1. The third-order valence-electron chi connectivity index (χ3n) is 4.26. The number of aromatic nitrogens is 1. The Balaban J connectivity index is 1.97. The average molecular weight is 256 g/mol. The van der Waals surface area contributed by atoms with Gasteiger partial charge in [0.05, 0.1) is 0 Å². The smallest absolute Gasteiger partial charge is 0.149 e. The van der Waals surface area contributed by atoms with E-state index in [0.717, 1.165) is 37.0 Å². The van der Waals surface area contributed by atoms with Crippen molar-refractivity contribution in [3.63, 3.8) is 0 Å². The summed E-state index contributed by atoms with van der Waals surface area (Å²) in [6.07, 6.45) is 4.37. The van der Waals surface area contributed by atoms with Crippen LogP contribution in [0.5, 0.6) is 0 Å². The molecule has 0 bridgehead atoms. The van der Waals surface area contributed by atoms with Crippen molar-refractivity contribution in [2.45, 2.75) is 31.6 Å². The zero-order valence-electron chi connectivity index (χ0n) is 10.9. The topological polar surface area (TPSA) is 24.9 Å². The second-order valence-electron chi connectivity index (χ2n) is 5.65. The highest BCUT2D eigenvalue weighted by Gasteiger charge is 2.26. The Bertz CT molecular complexity index is 647. The predicted octanol–water partition coefficient (Wildman–Crippen LogP) is 2.94. The van der Waals surface area contributed by atoms with E-state index in [1.165, 1.54) is 24.0 Å². The van der Waals surface area contributed by atoms with E-state index in [1.807, 2.05) is 6.07 Å². The van der Waals surface area contributed by atoms with Crippen LogP contribution in [-0.2, 0) is 12.8 Å². The summed E-state index contributed by atoms with van der Waals surface area (Å²) in [5.74, 6) is 0.450. The molecule has 0 spiro atoms. The fourth-order valence-electron chi connectivity index (χ4n) is 3.06. The number of nitrogens with zero attached hydrogens (tertiary/aromatic N) is 1. The molecule has 98 valence electrons. The van der Waals surface area contributed by atoms with Gasteiger partial charge in [-0.2, -0.15) is 0 Å². The molecule has 1 aromatic carbocycles. The first-order valence-electron chi connectivity index (χ1n) is 7.14. The van der Waals surface area contributed by atoms with Gasteiger partial charge in [0.2, 0.25) is 0 Å². The van der Waals surface area contributed by atoms with Gasteiger partial charge in [-0.1, -0.05) is 6.07 Å². The minimum Gasteiger partial charge on any atom is -0.316 e. The fourth-order valence-corrected chi connectivity index (χ4v) is 3.06. The van der Waals surface area contributed by atoms with Crippen molar-refractivity contribution in [2.24, 2.45) is 0 Å². The maximum Gasteiger partial charge on any atom is 0.149 e. The molecule has 1 aliphatic heterocycles. The average Bonchev–Trinajstić information content (AvgIpc) is 3.24. The Morgan fingerprint density at radius 1 is 1.16 bits per heavy atom. The van der Waals surface area contributed by atoms with Gasteiger partial charge in [0.25, 0.3) is 0 Å². The molecule has 0 atom stereocenters. The van der Waals surface area contributed by atoms with Gasteiger partial charge in [0, 0.05) is 24.0 Å². The van der Waals surface area contributed by atoms with Gasteiger partial charge in [0.1, 0.15) is 11.3 Å². The van der Waals surface area contributed by atoms with Crippen molar-refractivity contribution in [3.8, 4) is 0 Å². The van der Waals surface area contributed by atoms with Crippen molar-refractivity contribution in [3.05, 3.63) is 40.8 Å². The van der Waals surface area contributed by atoms with Crippen LogP contribution in [0, 0.1) is 5.82 Å². The number of benzene rings is 1. The lowest BCUT2D eigenvalue weighted by Gasteiger charge is -2.11. The standard InChI is InChI=1S/C16H17FN2/c17-14-4-3-12(10-1-2-10)13-9-11-5-7-18-8-6-15(11)19-16(13)14/h3-4,9-10,18H,1-2,5-8H2. The van der Waals surface area contributed by atoms with E-state index >= 15 is 0 Å². The molecule has 2 heterocycles. The number of nitrogens with one attached hydrogen (secondary N) is 1. The van der Waals surface area contributed by atoms with Gasteiger partial charge in [0.15, 0.2) is 0 Å². The first-order valence-corrected chi connectivity index (χ1v) is 7.14. The van der Waals surface area contributed by atoms with E-state index in [9.17, 15) is 4.39 Å². The van der Waals surface area contributed by atoms with Crippen LogP contribution in [0.3, 0.4) is 0 Å². The van der Waals surface area contributed by atoms with E-state index in [1.54, 1.807) is 6.07 Å².